The molecule has 2 aliphatic rings. The van der Waals surface area contributed by atoms with Gasteiger partial charge in [0.05, 0.1) is 0 Å². The highest BCUT2D eigenvalue weighted by molar-refractivity contribution is 5.96. The quantitative estimate of drug-likeness (QED) is 0.795. The van der Waals surface area contributed by atoms with E-state index in [-0.39, 0.29) is 18.3 Å². The van der Waals surface area contributed by atoms with Gasteiger partial charge in [-0.05, 0) is 38.6 Å². The fraction of sp³-hybridized carbons (Fsp3) is 0.562. The van der Waals surface area contributed by atoms with E-state index in [1.165, 1.54) is 11.1 Å². The Bertz CT molecular complexity index is 517. The third-order valence-electron chi connectivity index (χ3n) is 4.52. The summed E-state index contributed by atoms with van der Waals surface area (Å²) in [5.41, 5.74) is 3.82. The molecule has 3 rings (SSSR count). The fourth-order valence-corrected chi connectivity index (χ4v) is 3.58. The van der Waals surface area contributed by atoms with Crippen molar-refractivity contribution in [3.8, 4) is 0 Å². The lowest BCUT2D eigenvalue weighted by molar-refractivity contribution is -0.118. The van der Waals surface area contributed by atoms with Crippen molar-refractivity contribution >= 4 is 24.0 Å². The molecule has 1 aromatic rings. The Balaban J connectivity index is 0.00000147. The smallest absolute Gasteiger partial charge is 0.226 e. The van der Waals surface area contributed by atoms with Crippen LogP contribution in [0.4, 0.5) is 5.69 Å². The number of carbonyl (C=O) groups is 1. The predicted molar refractivity (Wildman–Crippen MR) is 84.8 cm³/mol. The number of halogens is 1. The molecule has 3 nitrogen and oxygen atoms in total. The average Bonchev–Trinajstić information content (AvgIpc) is 2.71. The van der Waals surface area contributed by atoms with Gasteiger partial charge in [-0.3, -0.25) is 4.79 Å². The number of nitrogens with zero attached hydrogens (tertiary/aromatic N) is 2. The van der Waals surface area contributed by atoms with E-state index in [9.17, 15) is 4.79 Å². The van der Waals surface area contributed by atoms with E-state index in [1.807, 2.05) is 6.92 Å². The first kappa shape index (κ1) is 15.3. The number of hydrogen-bond donors (Lipinski definition) is 0. The van der Waals surface area contributed by atoms with Crippen LogP contribution in [0, 0.1) is 6.92 Å². The first-order valence-electron chi connectivity index (χ1n) is 7.23. The second-order valence-corrected chi connectivity index (χ2v) is 5.90. The van der Waals surface area contributed by atoms with Gasteiger partial charge in [-0.1, -0.05) is 24.6 Å². The first-order valence-corrected chi connectivity index (χ1v) is 7.23. The van der Waals surface area contributed by atoms with E-state index >= 15 is 0 Å². The highest BCUT2D eigenvalue weighted by atomic mass is 35.5. The number of benzene rings is 1. The maximum Gasteiger partial charge on any atom is 0.226 e. The number of amides is 1. The summed E-state index contributed by atoms with van der Waals surface area (Å²) in [5, 5.41) is 0. The molecule has 0 bridgehead atoms. The molecule has 0 aromatic heterocycles. The van der Waals surface area contributed by atoms with Gasteiger partial charge in [0.2, 0.25) is 5.91 Å². The lowest BCUT2D eigenvalue weighted by Gasteiger charge is -2.36. The van der Waals surface area contributed by atoms with Gasteiger partial charge in [-0.25, -0.2) is 0 Å². The highest BCUT2D eigenvalue weighted by Gasteiger charge is 2.43. The molecule has 2 aliphatic heterocycles. The lowest BCUT2D eigenvalue weighted by Crippen LogP contribution is -2.46. The van der Waals surface area contributed by atoms with Crippen molar-refractivity contribution in [2.45, 2.75) is 38.6 Å². The Morgan fingerprint density at radius 1 is 1.40 bits per heavy atom. The zero-order valence-electron chi connectivity index (χ0n) is 12.4. The average molecular weight is 295 g/mol. The van der Waals surface area contributed by atoms with Gasteiger partial charge >= 0.3 is 0 Å². The first-order chi connectivity index (χ1) is 9.11. The van der Waals surface area contributed by atoms with Crippen LogP contribution >= 0.6 is 12.4 Å². The van der Waals surface area contributed by atoms with Crippen LogP contribution in [-0.2, 0) is 4.79 Å². The minimum Gasteiger partial charge on any atom is -0.308 e. The Hall–Kier alpha value is -1.06. The summed E-state index contributed by atoms with van der Waals surface area (Å²) < 4.78 is 0. The summed E-state index contributed by atoms with van der Waals surface area (Å²) in [6.45, 7) is 6.24. The highest BCUT2D eigenvalue weighted by Crippen LogP contribution is 2.45. The van der Waals surface area contributed by atoms with Crippen molar-refractivity contribution in [3.63, 3.8) is 0 Å². The number of hydrogen-bond acceptors (Lipinski definition) is 2. The Kier molecular flexibility index (Phi) is 4.40. The summed E-state index contributed by atoms with van der Waals surface area (Å²) in [6.07, 6.45) is 1.67. The van der Waals surface area contributed by atoms with Crippen LogP contribution < -0.4 is 4.90 Å². The SMILES string of the molecule is CCC(=O)N1c2ccc(C)cc2[C@@H]2CN(C)CC[C@@H]21.Cl. The fourth-order valence-electron chi connectivity index (χ4n) is 3.58. The molecule has 0 saturated carbocycles. The molecule has 1 fully saturated rings. The monoisotopic (exact) mass is 294 g/mol. The van der Waals surface area contributed by atoms with Crippen LogP contribution in [0.25, 0.3) is 0 Å². The van der Waals surface area contributed by atoms with E-state index in [0.29, 0.717) is 18.4 Å². The van der Waals surface area contributed by atoms with Gasteiger partial charge in [-0.15, -0.1) is 12.4 Å². The summed E-state index contributed by atoms with van der Waals surface area (Å²) in [4.78, 5) is 16.8. The molecule has 0 N–H and O–H groups in total. The number of rotatable bonds is 1. The van der Waals surface area contributed by atoms with Crippen molar-refractivity contribution in [2.75, 3.05) is 25.0 Å². The summed E-state index contributed by atoms with van der Waals surface area (Å²) >= 11 is 0. The van der Waals surface area contributed by atoms with Crippen LogP contribution in [0.5, 0.6) is 0 Å². The van der Waals surface area contributed by atoms with Crippen LogP contribution in [0.15, 0.2) is 18.2 Å². The number of fused-ring (bicyclic) bond motifs is 3. The van der Waals surface area contributed by atoms with Gasteiger partial charge in [0, 0.05) is 30.6 Å². The van der Waals surface area contributed by atoms with Crippen LogP contribution in [0.1, 0.15) is 36.8 Å². The lowest BCUT2D eigenvalue weighted by atomic mass is 9.89. The maximum absolute atomic E-state index is 12.3. The molecule has 2 heterocycles. The summed E-state index contributed by atoms with van der Waals surface area (Å²) in [6, 6.07) is 6.90. The molecule has 0 aliphatic carbocycles. The van der Waals surface area contributed by atoms with E-state index < -0.39 is 0 Å². The van der Waals surface area contributed by atoms with Crippen molar-refractivity contribution in [2.24, 2.45) is 0 Å². The van der Waals surface area contributed by atoms with E-state index in [0.717, 1.165) is 25.2 Å². The zero-order valence-corrected chi connectivity index (χ0v) is 13.2. The van der Waals surface area contributed by atoms with Gasteiger partial charge in [0.1, 0.15) is 0 Å². The number of piperidine rings is 1. The summed E-state index contributed by atoms with van der Waals surface area (Å²) in [5.74, 6) is 0.756. The van der Waals surface area contributed by atoms with E-state index in [4.69, 9.17) is 0 Å². The number of carbonyl (C=O) groups excluding carboxylic acids is 1. The Morgan fingerprint density at radius 3 is 2.85 bits per heavy atom. The topological polar surface area (TPSA) is 23.6 Å². The minimum atomic E-state index is 0. The molecule has 1 aromatic carbocycles. The number of likely N-dealkylation sites (N-methyl/N-ethyl adjacent to an activating group) is 1. The normalized spacial score (nSPS) is 24.9. The van der Waals surface area contributed by atoms with Crippen molar-refractivity contribution < 1.29 is 4.79 Å². The third kappa shape index (κ3) is 2.33. The number of likely N-dealkylation sites (tertiary alicyclic amines) is 1. The molecular weight excluding hydrogens is 272 g/mol. The van der Waals surface area contributed by atoms with Gasteiger partial charge in [0.15, 0.2) is 0 Å². The zero-order chi connectivity index (χ0) is 13.6. The number of anilines is 1. The van der Waals surface area contributed by atoms with Crippen LogP contribution in [0.3, 0.4) is 0 Å². The van der Waals surface area contributed by atoms with Crippen molar-refractivity contribution in [1.29, 1.82) is 0 Å². The van der Waals surface area contributed by atoms with Gasteiger partial charge in [0.25, 0.3) is 0 Å². The Morgan fingerprint density at radius 2 is 2.15 bits per heavy atom. The molecule has 1 amide bonds. The van der Waals surface area contributed by atoms with E-state index in [1.54, 1.807) is 0 Å². The van der Waals surface area contributed by atoms with E-state index in [2.05, 4.69) is 42.0 Å². The third-order valence-corrected chi connectivity index (χ3v) is 4.52. The molecule has 20 heavy (non-hydrogen) atoms. The molecule has 0 spiro atoms. The molecule has 2 atom stereocenters. The molecule has 1 saturated heterocycles. The molecule has 0 unspecified atom stereocenters. The molecule has 0 radical (unpaired) electrons. The Labute approximate surface area is 127 Å². The number of aryl methyl sites for hydroxylation is 1. The van der Waals surface area contributed by atoms with Crippen LogP contribution in [0.2, 0.25) is 0 Å². The molecule has 110 valence electrons. The molecular formula is C16H23ClN2O. The standard InChI is InChI=1S/C16H22N2O.ClH/c1-4-16(19)18-14-6-5-11(2)9-12(14)13-10-17(3)8-7-15(13)18;/h5-6,9,13,15H,4,7-8,10H2,1-3H3;1H/t13-,15-;/m0./s1. The molecule has 4 heteroatoms. The largest absolute Gasteiger partial charge is 0.308 e. The predicted octanol–water partition coefficient (Wildman–Crippen LogP) is 2.96. The minimum absolute atomic E-state index is 0. The second kappa shape index (κ2) is 5.74. The van der Waals surface area contributed by atoms with Crippen molar-refractivity contribution in [3.05, 3.63) is 29.3 Å². The van der Waals surface area contributed by atoms with Gasteiger partial charge in [-0.2, -0.15) is 0 Å². The maximum atomic E-state index is 12.3. The van der Waals surface area contributed by atoms with Crippen LogP contribution in [-0.4, -0.2) is 37.0 Å². The summed E-state index contributed by atoms with van der Waals surface area (Å²) in [7, 11) is 2.18. The van der Waals surface area contributed by atoms with Gasteiger partial charge < -0.3 is 9.80 Å². The second-order valence-electron chi connectivity index (χ2n) is 5.90. The van der Waals surface area contributed by atoms with Crippen molar-refractivity contribution in [1.82, 2.24) is 4.90 Å².